The first-order valence-electron chi connectivity index (χ1n) is 8.84. The molecular formula is C18H21ClN6O2S. The first kappa shape index (κ1) is 20.3. The third-order valence-corrected chi connectivity index (χ3v) is 5.19. The van der Waals surface area contributed by atoms with E-state index in [1.165, 1.54) is 22.2 Å². The SMILES string of the molecule is CC(C)Cn1c(CCC(N)=O)nnc1SCc1cc(=O)n2cc(Cl)ccc2n1. The van der Waals surface area contributed by atoms with E-state index >= 15 is 0 Å². The average molecular weight is 421 g/mol. The van der Waals surface area contributed by atoms with Crippen molar-refractivity contribution >= 4 is 34.9 Å². The number of rotatable bonds is 8. The number of primary amides is 1. The van der Waals surface area contributed by atoms with Crippen LogP contribution in [0, 0.1) is 5.92 Å². The normalized spacial score (nSPS) is 11.4. The summed E-state index contributed by atoms with van der Waals surface area (Å²) in [5, 5.41) is 9.67. The highest BCUT2D eigenvalue weighted by atomic mass is 35.5. The van der Waals surface area contributed by atoms with Gasteiger partial charge in [-0.2, -0.15) is 0 Å². The zero-order valence-electron chi connectivity index (χ0n) is 15.6. The van der Waals surface area contributed by atoms with Crippen molar-refractivity contribution < 1.29 is 4.79 Å². The second-order valence-electron chi connectivity index (χ2n) is 6.82. The fraction of sp³-hybridized carbons (Fsp3) is 0.389. The monoisotopic (exact) mass is 420 g/mol. The molecule has 0 radical (unpaired) electrons. The maximum Gasteiger partial charge on any atom is 0.258 e. The minimum absolute atomic E-state index is 0.186. The first-order valence-corrected chi connectivity index (χ1v) is 10.2. The Labute approximate surface area is 171 Å². The van der Waals surface area contributed by atoms with Gasteiger partial charge in [0, 0.05) is 37.4 Å². The summed E-state index contributed by atoms with van der Waals surface area (Å²) in [6.07, 6.45) is 2.23. The fourth-order valence-electron chi connectivity index (χ4n) is 2.73. The number of hydrogen-bond donors (Lipinski definition) is 1. The van der Waals surface area contributed by atoms with Gasteiger partial charge in [-0.3, -0.25) is 14.0 Å². The molecule has 2 N–H and O–H groups in total. The minimum atomic E-state index is -0.366. The van der Waals surface area contributed by atoms with Gasteiger partial charge in [0.25, 0.3) is 5.56 Å². The Hall–Kier alpha value is -2.39. The number of thioether (sulfide) groups is 1. The second-order valence-corrected chi connectivity index (χ2v) is 8.20. The molecule has 0 saturated heterocycles. The summed E-state index contributed by atoms with van der Waals surface area (Å²) in [5.41, 5.74) is 6.25. The van der Waals surface area contributed by atoms with Crippen molar-refractivity contribution in [2.24, 2.45) is 11.7 Å². The molecule has 28 heavy (non-hydrogen) atoms. The Morgan fingerprint density at radius 3 is 2.82 bits per heavy atom. The van der Waals surface area contributed by atoms with Crippen LogP contribution in [0.2, 0.25) is 5.02 Å². The molecule has 0 aliphatic carbocycles. The van der Waals surface area contributed by atoms with E-state index in [0.29, 0.717) is 34.5 Å². The summed E-state index contributed by atoms with van der Waals surface area (Å²) >= 11 is 7.39. The molecule has 0 atom stereocenters. The van der Waals surface area contributed by atoms with E-state index in [9.17, 15) is 9.59 Å². The fourth-order valence-corrected chi connectivity index (χ4v) is 3.75. The van der Waals surface area contributed by atoms with Crippen LogP contribution < -0.4 is 11.3 Å². The van der Waals surface area contributed by atoms with E-state index in [4.69, 9.17) is 17.3 Å². The summed E-state index contributed by atoms with van der Waals surface area (Å²) in [5.74, 6) is 1.22. The number of hydrogen-bond acceptors (Lipinski definition) is 6. The summed E-state index contributed by atoms with van der Waals surface area (Å²) in [6.45, 7) is 4.93. The Balaban J connectivity index is 1.82. The summed E-state index contributed by atoms with van der Waals surface area (Å²) < 4.78 is 3.42. The number of halogens is 1. The molecule has 0 unspecified atom stereocenters. The Morgan fingerprint density at radius 1 is 1.32 bits per heavy atom. The Bertz CT molecular complexity index is 1060. The van der Waals surface area contributed by atoms with Gasteiger partial charge in [-0.15, -0.1) is 10.2 Å². The highest BCUT2D eigenvalue weighted by Gasteiger charge is 2.15. The third-order valence-electron chi connectivity index (χ3n) is 3.96. The number of aryl methyl sites for hydroxylation is 1. The van der Waals surface area contributed by atoms with Crippen molar-refractivity contribution in [3.8, 4) is 0 Å². The number of nitrogens with zero attached hydrogens (tertiary/aromatic N) is 5. The number of pyridine rings is 1. The van der Waals surface area contributed by atoms with Crippen molar-refractivity contribution in [1.82, 2.24) is 24.1 Å². The van der Waals surface area contributed by atoms with Gasteiger partial charge >= 0.3 is 0 Å². The molecule has 0 spiro atoms. The summed E-state index contributed by atoms with van der Waals surface area (Å²) in [7, 11) is 0. The van der Waals surface area contributed by atoms with Gasteiger partial charge in [-0.05, 0) is 18.1 Å². The van der Waals surface area contributed by atoms with Crippen LogP contribution in [0.4, 0.5) is 0 Å². The van der Waals surface area contributed by atoms with Crippen molar-refractivity contribution in [1.29, 1.82) is 0 Å². The van der Waals surface area contributed by atoms with Gasteiger partial charge in [0.05, 0.1) is 10.7 Å². The molecule has 3 heterocycles. The number of amides is 1. The van der Waals surface area contributed by atoms with Crippen LogP contribution in [0.25, 0.3) is 5.65 Å². The highest BCUT2D eigenvalue weighted by molar-refractivity contribution is 7.98. The maximum atomic E-state index is 12.3. The molecule has 0 fully saturated rings. The number of nitrogens with two attached hydrogens (primary N) is 1. The predicted molar refractivity (Wildman–Crippen MR) is 108 cm³/mol. The van der Waals surface area contributed by atoms with Gasteiger partial charge in [0.1, 0.15) is 11.5 Å². The number of aromatic nitrogens is 5. The number of carbonyl (C=O) groups excluding carboxylic acids is 1. The van der Waals surface area contributed by atoms with E-state index in [-0.39, 0.29) is 17.9 Å². The summed E-state index contributed by atoms with van der Waals surface area (Å²) in [6, 6.07) is 4.90. The van der Waals surface area contributed by atoms with Crippen LogP contribution in [0.3, 0.4) is 0 Å². The molecule has 0 aliphatic heterocycles. The van der Waals surface area contributed by atoms with Crippen LogP contribution >= 0.6 is 23.4 Å². The van der Waals surface area contributed by atoms with Crippen molar-refractivity contribution in [2.45, 2.75) is 44.1 Å². The molecule has 3 aromatic heterocycles. The van der Waals surface area contributed by atoms with Gasteiger partial charge in [-0.25, -0.2) is 4.98 Å². The van der Waals surface area contributed by atoms with Crippen molar-refractivity contribution in [3.05, 3.63) is 51.3 Å². The molecule has 0 aromatic carbocycles. The van der Waals surface area contributed by atoms with E-state index < -0.39 is 0 Å². The lowest BCUT2D eigenvalue weighted by Gasteiger charge is -2.12. The molecule has 3 aromatic rings. The second kappa shape index (κ2) is 8.74. The van der Waals surface area contributed by atoms with Crippen LogP contribution in [0.15, 0.2) is 34.3 Å². The maximum absolute atomic E-state index is 12.3. The lowest BCUT2D eigenvalue weighted by molar-refractivity contribution is -0.118. The topological polar surface area (TPSA) is 108 Å². The van der Waals surface area contributed by atoms with E-state index in [1.54, 1.807) is 18.3 Å². The van der Waals surface area contributed by atoms with Crippen LogP contribution in [0.1, 0.15) is 31.8 Å². The van der Waals surface area contributed by atoms with Gasteiger partial charge in [0.2, 0.25) is 5.91 Å². The molecule has 0 saturated carbocycles. The molecule has 8 nitrogen and oxygen atoms in total. The standard InChI is InChI=1S/C18H21ClN6O2S/c1-11(2)8-25-16(6-4-14(20)26)22-23-18(25)28-10-13-7-17(27)24-9-12(19)3-5-15(24)21-13/h3,5,7,9,11H,4,6,8,10H2,1-2H3,(H2,20,26). The highest BCUT2D eigenvalue weighted by Crippen LogP contribution is 2.23. The minimum Gasteiger partial charge on any atom is -0.370 e. The van der Waals surface area contributed by atoms with E-state index in [1.807, 2.05) is 4.57 Å². The predicted octanol–water partition coefficient (Wildman–Crippen LogP) is 2.31. The van der Waals surface area contributed by atoms with E-state index in [2.05, 4.69) is 29.0 Å². The Kier molecular flexibility index (Phi) is 6.35. The van der Waals surface area contributed by atoms with Gasteiger partial charge in [0.15, 0.2) is 5.16 Å². The molecule has 0 aliphatic rings. The smallest absolute Gasteiger partial charge is 0.258 e. The molecule has 0 bridgehead atoms. The van der Waals surface area contributed by atoms with Gasteiger partial charge < -0.3 is 10.3 Å². The molecule has 3 rings (SSSR count). The lowest BCUT2D eigenvalue weighted by Crippen LogP contribution is -2.16. The molecular weight excluding hydrogens is 400 g/mol. The zero-order chi connectivity index (χ0) is 20.3. The van der Waals surface area contributed by atoms with E-state index in [0.717, 1.165) is 17.5 Å². The van der Waals surface area contributed by atoms with Crippen LogP contribution in [0.5, 0.6) is 0 Å². The molecule has 10 heteroatoms. The largest absolute Gasteiger partial charge is 0.370 e. The summed E-state index contributed by atoms with van der Waals surface area (Å²) in [4.78, 5) is 27.9. The number of fused-ring (bicyclic) bond motifs is 1. The van der Waals surface area contributed by atoms with Crippen LogP contribution in [-0.2, 0) is 23.5 Å². The lowest BCUT2D eigenvalue weighted by atomic mass is 10.2. The molecule has 148 valence electrons. The van der Waals surface area contributed by atoms with Crippen LogP contribution in [-0.4, -0.2) is 30.1 Å². The Morgan fingerprint density at radius 2 is 2.11 bits per heavy atom. The first-order chi connectivity index (χ1) is 13.3. The zero-order valence-corrected chi connectivity index (χ0v) is 17.2. The van der Waals surface area contributed by atoms with Gasteiger partial charge in [-0.1, -0.05) is 37.2 Å². The van der Waals surface area contributed by atoms with Crippen molar-refractivity contribution in [2.75, 3.05) is 0 Å². The molecule has 1 amide bonds. The third kappa shape index (κ3) is 4.90. The van der Waals surface area contributed by atoms with Crippen molar-refractivity contribution in [3.63, 3.8) is 0 Å². The number of carbonyl (C=O) groups is 1. The average Bonchev–Trinajstić information content (AvgIpc) is 3.00. The quantitative estimate of drug-likeness (QED) is 0.560.